The molecule has 7 nitrogen and oxygen atoms in total. The molecule has 0 aliphatic carbocycles. The molecule has 240 valence electrons. The average Bonchev–Trinajstić information content (AvgIpc) is 2.97. The molecule has 3 rings (SSSR count). The highest BCUT2D eigenvalue weighted by molar-refractivity contribution is 7.98. The summed E-state index contributed by atoms with van der Waals surface area (Å²) in [6.07, 6.45) is 10.7. The van der Waals surface area contributed by atoms with Crippen molar-refractivity contribution in [1.29, 1.82) is 0 Å². The van der Waals surface area contributed by atoms with E-state index in [1.807, 2.05) is 51.1 Å². The molecule has 0 spiro atoms. The number of likely N-dealkylation sites (tertiary alicyclic amines) is 1. The molecule has 10 heteroatoms. The first kappa shape index (κ1) is 37.9. The van der Waals surface area contributed by atoms with E-state index in [1.54, 1.807) is 35.1 Å². The number of amides is 2. The maximum Gasteiger partial charge on any atom is 0.251 e. The van der Waals surface area contributed by atoms with E-state index in [0.717, 1.165) is 34.0 Å². The Balaban J connectivity index is 0.000000882. The van der Waals surface area contributed by atoms with Crippen molar-refractivity contribution < 1.29 is 18.4 Å². The maximum atomic E-state index is 13.5. The first-order valence-corrected chi connectivity index (χ1v) is 16.0. The average molecular weight is 620 g/mol. The number of hydrogen-bond acceptors (Lipinski definition) is 6. The van der Waals surface area contributed by atoms with E-state index in [9.17, 15) is 18.4 Å². The number of likely N-dealkylation sites (N-methyl/N-ethyl adjacent to an activating group) is 1. The van der Waals surface area contributed by atoms with Gasteiger partial charge in [0.05, 0.1) is 0 Å². The second kappa shape index (κ2) is 20.0. The molecule has 0 saturated carbocycles. The van der Waals surface area contributed by atoms with Gasteiger partial charge >= 0.3 is 0 Å². The minimum Gasteiger partial charge on any atom is -0.378 e. The third kappa shape index (κ3) is 13.4. The summed E-state index contributed by atoms with van der Waals surface area (Å²) in [4.78, 5) is 32.0. The SMILES string of the molecule is C=C(/C=C(C)\C=C\C(=O)N(C)/C(=C\C)N1CCN(C=O)CC1)[C@@H](C)Nc1ccc(F)cc1SC.CCC.CN1CC(F)C1. The van der Waals surface area contributed by atoms with Crippen molar-refractivity contribution >= 4 is 29.8 Å². The van der Waals surface area contributed by atoms with Gasteiger partial charge in [-0.3, -0.25) is 14.5 Å². The Morgan fingerprint density at radius 2 is 1.81 bits per heavy atom. The number of allylic oxidation sites excluding steroid dienone is 3. The van der Waals surface area contributed by atoms with E-state index in [-0.39, 0.29) is 17.8 Å². The van der Waals surface area contributed by atoms with Crippen LogP contribution in [0.2, 0.25) is 0 Å². The predicted molar refractivity (Wildman–Crippen MR) is 177 cm³/mol. The number of anilines is 1. The van der Waals surface area contributed by atoms with E-state index in [4.69, 9.17) is 0 Å². The smallest absolute Gasteiger partial charge is 0.251 e. The molecule has 2 heterocycles. The topological polar surface area (TPSA) is 59.1 Å². The van der Waals surface area contributed by atoms with Crippen LogP contribution in [0.5, 0.6) is 0 Å². The minimum absolute atomic E-state index is 0.0715. The lowest BCUT2D eigenvalue weighted by molar-refractivity contribution is -0.125. The summed E-state index contributed by atoms with van der Waals surface area (Å²) < 4.78 is 25.2. The predicted octanol–water partition coefficient (Wildman–Crippen LogP) is 6.19. The van der Waals surface area contributed by atoms with Gasteiger partial charge < -0.3 is 20.0 Å². The molecule has 0 unspecified atom stereocenters. The lowest BCUT2D eigenvalue weighted by Gasteiger charge is -2.38. The molecular formula is C33H51F2N5O2S. The summed E-state index contributed by atoms with van der Waals surface area (Å²) in [5, 5.41) is 3.37. The highest BCUT2D eigenvalue weighted by Gasteiger charge is 2.22. The lowest BCUT2D eigenvalue weighted by Crippen LogP contribution is -2.48. The first-order chi connectivity index (χ1) is 20.4. The third-order valence-corrected chi connectivity index (χ3v) is 7.51. The van der Waals surface area contributed by atoms with Crippen LogP contribution in [0.1, 0.15) is 41.0 Å². The van der Waals surface area contributed by atoms with Crippen molar-refractivity contribution in [2.24, 2.45) is 0 Å². The van der Waals surface area contributed by atoms with Crippen molar-refractivity contribution in [2.45, 2.75) is 58.1 Å². The van der Waals surface area contributed by atoms with E-state index < -0.39 is 6.17 Å². The fourth-order valence-electron chi connectivity index (χ4n) is 4.27. The van der Waals surface area contributed by atoms with Crippen LogP contribution in [0.25, 0.3) is 0 Å². The van der Waals surface area contributed by atoms with Crippen LogP contribution in [0.3, 0.4) is 0 Å². The van der Waals surface area contributed by atoms with Gasteiger partial charge in [0.15, 0.2) is 0 Å². The molecule has 1 aromatic carbocycles. The molecule has 2 fully saturated rings. The number of rotatable bonds is 10. The monoisotopic (exact) mass is 619 g/mol. The zero-order valence-corrected chi connectivity index (χ0v) is 28.0. The Morgan fingerprint density at radius 1 is 1.21 bits per heavy atom. The second-order valence-corrected chi connectivity index (χ2v) is 11.6. The molecule has 0 bridgehead atoms. The number of hydrogen-bond donors (Lipinski definition) is 1. The summed E-state index contributed by atoms with van der Waals surface area (Å²) in [5.74, 6) is 0.431. The van der Waals surface area contributed by atoms with Crippen molar-refractivity contribution in [3.05, 3.63) is 71.9 Å². The van der Waals surface area contributed by atoms with E-state index in [0.29, 0.717) is 39.3 Å². The number of carbonyl (C=O) groups excluding carboxylic acids is 2. The van der Waals surface area contributed by atoms with Gasteiger partial charge in [-0.1, -0.05) is 44.6 Å². The van der Waals surface area contributed by atoms with Gasteiger partial charge in [0.25, 0.3) is 5.91 Å². The maximum absolute atomic E-state index is 13.5. The highest BCUT2D eigenvalue weighted by Crippen LogP contribution is 2.27. The van der Waals surface area contributed by atoms with Crippen LogP contribution in [0.4, 0.5) is 14.5 Å². The number of thioether (sulfide) groups is 1. The fraction of sp³-hybridized carbons (Fsp3) is 0.515. The number of benzene rings is 1. The van der Waals surface area contributed by atoms with E-state index in [2.05, 4.69) is 30.6 Å². The van der Waals surface area contributed by atoms with Crippen LogP contribution in [0.15, 0.2) is 70.9 Å². The highest BCUT2D eigenvalue weighted by atomic mass is 32.2. The largest absolute Gasteiger partial charge is 0.378 e. The van der Waals surface area contributed by atoms with Gasteiger partial charge in [-0.25, -0.2) is 8.78 Å². The standard InChI is InChI=1S/C26H35FN4O2S.C4H8FN.C3H8/c1-7-25(31-14-12-30(18-32)13-15-31)29(5)26(33)11-8-19(2)16-20(3)21(4)28-23-10-9-22(27)17-24(23)34-6;1-6-2-4(5)3-6;1-3-2/h7-11,16-18,21,28H,3,12-15H2,1-2,4-6H3;4H,2-3H2,1H3;3H2,1-2H3/b11-8+,19-16-,25-7+;;/t21-;;/m1../s1. The summed E-state index contributed by atoms with van der Waals surface area (Å²) in [6.45, 7) is 18.2. The number of piperazine rings is 1. The van der Waals surface area contributed by atoms with Crippen LogP contribution in [-0.2, 0) is 9.59 Å². The summed E-state index contributed by atoms with van der Waals surface area (Å²) in [6, 6.07) is 4.60. The molecule has 1 atom stereocenters. The molecule has 43 heavy (non-hydrogen) atoms. The number of halogens is 2. The zero-order valence-electron chi connectivity index (χ0n) is 27.2. The van der Waals surface area contributed by atoms with Crippen LogP contribution < -0.4 is 5.32 Å². The molecule has 0 radical (unpaired) electrons. The minimum atomic E-state index is -0.532. The molecule has 2 amide bonds. The molecule has 0 aromatic heterocycles. The van der Waals surface area contributed by atoms with Crippen LogP contribution in [-0.4, -0.2) is 104 Å². The number of carbonyl (C=O) groups is 2. The number of nitrogens with zero attached hydrogens (tertiary/aromatic N) is 4. The van der Waals surface area contributed by atoms with Gasteiger partial charge in [-0.05, 0) is 63.9 Å². The van der Waals surface area contributed by atoms with Crippen molar-refractivity contribution in [3.63, 3.8) is 0 Å². The van der Waals surface area contributed by atoms with Crippen molar-refractivity contribution in [3.8, 4) is 0 Å². The zero-order chi connectivity index (χ0) is 32.5. The molecule has 1 N–H and O–H groups in total. The summed E-state index contributed by atoms with van der Waals surface area (Å²) >= 11 is 1.48. The Morgan fingerprint density at radius 3 is 2.28 bits per heavy atom. The van der Waals surface area contributed by atoms with Gasteiger partial charge in [-0.2, -0.15) is 0 Å². The number of alkyl halides is 1. The van der Waals surface area contributed by atoms with Crippen LogP contribution >= 0.6 is 11.8 Å². The third-order valence-electron chi connectivity index (χ3n) is 6.73. The Bertz CT molecular complexity index is 1120. The summed E-state index contributed by atoms with van der Waals surface area (Å²) in [5.41, 5.74) is 2.60. The van der Waals surface area contributed by atoms with E-state index >= 15 is 0 Å². The second-order valence-electron chi connectivity index (χ2n) is 10.7. The van der Waals surface area contributed by atoms with Gasteiger partial charge in [0.2, 0.25) is 6.41 Å². The Kier molecular flexibility index (Phi) is 17.6. The van der Waals surface area contributed by atoms with Gasteiger partial charge in [0.1, 0.15) is 17.8 Å². The van der Waals surface area contributed by atoms with Crippen molar-refractivity contribution in [2.75, 3.05) is 64.9 Å². The first-order valence-electron chi connectivity index (χ1n) is 14.8. The quantitative estimate of drug-likeness (QED) is 0.146. The van der Waals surface area contributed by atoms with Crippen LogP contribution in [0, 0.1) is 5.82 Å². The molecule has 2 saturated heterocycles. The van der Waals surface area contributed by atoms with Crippen molar-refractivity contribution in [1.82, 2.24) is 19.6 Å². The molecule has 1 aromatic rings. The summed E-state index contributed by atoms with van der Waals surface area (Å²) in [7, 11) is 3.67. The van der Waals surface area contributed by atoms with Gasteiger partial charge in [0, 0.05) is 69.0 Å². The normalized spacial score (nSPS) is 16.8. The Labute approximate surface area is 262 Å². The molecule has 2 aliphatic heterocycles. The fourth-order valence-corrected chi connectivity index (χ4v) is 4.85. The molecular weight excluding hydrogens is 568 g/mol. The van der Waals surface area contributed by atoms with Gasteiger partial charge in [-0.15, -0.1) is 11.8 Å². The Hall–Kier alpha value is -3.11. The van der Waals surface area contributed by atoms with E-state index in [1.165, 1.54) is 30.3 Å². The number of nitrogens with one attached hydrogen (secondary N) is 1. The molecule has 2 aliphatic rings. The lowest BCUT2D eigenvalue weighted by atomic mass is 10.1.